The lowest BCUT2D eigenvalue weighted by Gasteiger charge is -2.10. The predicted molar refractivity (Wildman–Crippen MR) is 69.3 cm³/mol. The fourth-order valence-corrected chi connectivity index (χ4v) is 2.02. The Morgan fingerprint density at radius 2 is 2.24 bits per heavy atom. The molecule has 2 rings (SSSR count). The van der Waals surface area contributed by atoms with Crippen LogP contribution in [0.3, 0.4) is 0 Å². The molecule has 1 aromatic heterocycles. The summed E-state index contributed by atoms with van der Waals surface area (Å²) < 4.78 is 8.94. The number of ether oxygens (including phenoxy) is 1. The van der Waals surface area contributed by atoms with Gasteiger partial charge in [-0.25, -0.2) is 0 Å². The minimum atomic E-state index is 0.709. The first-order chi connectivity index (χ1) is 8.40. The third kappa shape index (κ3) is 3.51. The van der Waals surface area contributed by atoms with Crippen molar-refractivity contribution in [3.63, 3.8) is 0 Å². The molecule has 1 aromatic carbocycles. The Labute approximate surface area is 105 Å². The number of methoxy groups -OCH3 is 1. The van der Waals surface area contributed by atoms with Gasteiger partial charge in [0.1, 0.15) is 0 Å². The number of nitrogens with zero attached hydrogens (tertiary/aromatic N) is 2. The summed E-state index contributed by atoms with van der Waals surface area (Å²) in [6.07, 6.45) is 0.912. The molecule has 0 aliphatic heterocycles. The Hall–Kier alpha value is -1.46. The lowest BCUT2D eigenvalue weighted by Crippen LogP contribution is -2.04. The number of rotatable bonds is 6. The first-order valence-corrected chi connectivity index (χ1v) is 6.30. The fourth-order valence-electron chi connectivity index (χ4n) is 1.57. The quantitative estimate of drug-likeness (QED) is 0.853. The summed E-state index contributed by atoms with van der Waals surface area (Å²) in [5.41, 5.74) is 3.37. The van der Waals surface area contributed by atoms with Crippen molar-refractivity contribution in [2.45, 2.75) is 13.0 Å². The van der Waals surface area contributed by atoms with Crippen molar-refractivity contribution in [1.29, 1.82) is 0 Å². The van der Waals surface area contributed by atoms with Crippen LogP contribution in [-0.2, 0) is 17.7 Å². The summed E-state index contributed by atoms with van der Waals surface area (Å²) in [4.78, 5) is 0. The van der Waals surface area contributed by atoms with Crippen molar-refractivity contribution in [2.24, 2.45) is 0 Å². The molecule has 90 valence electrons. The highest BCUT2D eigenvalue weighted by molar-refractivity contribution is 7.03. The zero-order valence-corrected chi connectivity index (χ0v) is 10.5. The van der Waals surface area contributed by atoms with Gasteiger partial charge in [-0.05, 0) is 29.6 Å². The van der Waals surface area contributed by atoms with Crippen molar-refractivity contribution >= 4 is 17.2 Å². The SMILES string of the molecule is COCCc1ccccc1NCc1csnn1. The third-order valence-electron chi connectivity index (χ3n) is 2.46. The Kier molecular flexibility index (Phi) is 4.46. The predicted octanol–water partition coefficient (Wildman–Crippen LogP) is 2.34. The molecule has 0 aliphatic carbocycles. The second kappa shape index (κ2) is 6.32. The van der Waals surface area contributed by atoms with Crippen LogP contribution in [0.2, 0.25) is 0 Å². The normalized spacial score (nSPS) is 10.4. The molecule has 5 heteroatoms. The highest BCUT2D eigenvalue weighted by atomic mass is 32.1. The molecule has 0 atom stereocenters. The van der Waals surface area contributed by atoms with E-state index in [1.807, 2.05) is 17.5 Å². The summed E-state index contributed by atoms with van der Waals surface area (Å²) in [5.74, 6) is 0. The average molecular weight is 249 g/mol. The van der Waals surface area contributed by atoms with Crippen LogP contribution >= 0.6 is 11.5 Å². The zero-order valence-electron chi connectivity index (χ0n) is 9.72. The molecule has 0 saturated carbocycles. The van der Waals surface area contributed by atoms with Gasteiger partial charge in [-0.2, -0.15) is 0 Å². The largest absolute Gasteiger partial charge is 0.384 e. The van der Waals surface area contributed by atoms with Crippen LogP contribution < -0.4 is 5.32 Å². The lowest BCUT2D eigenvalue weighted by atomic mass is 10.1. The summed E-state index contributed by atoms with van der Waals surface area (Å²) >= 11 is 1.37. The van der Waals surface area contributed by atoms with Crippen molar-refractivity contribution in [3.05, 3.63) is 40.9 Å². The van der Waals surface area contributed by atoms with Gasteiger partial charge in [0.25, 0.3) is 0 Å². The Bertz CT molecular complexity index is 445. The van der Waals surface area contributed by atoms with Crippen LogP contribution in [0.15, 0.2) is 29.6 Å². The topological polar surface area (TPSA) is 47.0 Å². The van der Waals surface area contributed by atoms with E-state index in [1.165, 1.54) is 17.1 Å². The molecule has 0 amide bonds. The maximum absolute atomic E-state index is 5.10. The van der Waals surface area contributed by atoms with E-state index in [0.29, 0.717) is 6.54 Å². The molecule has 0 unspecified atom stereocenters. The number of aromatic nitrogens is 2. The van der Waals surface area contributed by atoms with Crippen LogP contribution in [0.1, 0.15) is 11.3 Å². The lowest BCUT2D eigenvalue weighted by molar-refractivity contribution is 0.202. The zero-order chi connectivity index (χ0) is 11.9. The van der Waals surface area contributed by atoms with Gasteiger partial charge in [-0.1, -0.05) is 22.7 Å². The second-order valence-corrected chi connectivity index (χ2v) is 4.26. The number of anilines is 1. The van der Waals surface area contributed by atoms with Gasteiger partial charge in [0.15, 0.2) is 0 Å². The van der Waals surface area contributed by atoms with Crippen LogP contribution in [0.5, 0.6) is 0 Å². The molecular formula is C12H15N3OS. The number of benzene rings is 1. The molecule has 17 heavy (non-hydrogen) atoms. The van der Waals surface area contributed by atoms with E-state index in [-0.39, 0.29) is 0 Å². The van der Waals surface area contributed by atoms with Crippen LogP contribution in [0.4, 0.5) is 5.69 Å². The molecule has 1 N–H and O–H groups in total. The smallest absolute Gasteiger partial charge is 0.0946 e. The van der Waals surface area contributed by atoms with Crippen molar-refractivity contribution in [1.82, 2.24) is 9.59 Å². The van der Waals surface area contributed by atoms with Gasteiger partial charge in [-0.15, -0.1) is 5.10 Å². The molecule has 2 aromatic rings. The van der Waals surface area contributed by atoms with Gasteiger partial charge in [-0.3, -0.25) is 0 Å². The molecule has 4 nitrogen and oxygen atoms in total. The molecule has 0 saturated heterocycles. The van der Waals surface area contributed by atoms with Gasteiger partial charge in [0.05, 0.1) is 18.8 Å². The number of nitrogens with one attached hydrogen (secondary N) is 1. The Morgan fingerprint density at radius 1 is 1.35 bits per heavy atom. The fraction of sp³-hybridized carbons (Fsp3) is 0.333. The molecule has 0 bridgehead atoms. The maximum atomic E-state index is 5.10. The summed E-state index contributed by atoms with van der Waals surface area (Å²) in [5, 5.41) is 9.33. The Balaban J connectivity index is 1.99. The first-order valence-electron chi connectivity index (χ1n) is 5.47. The summed E-state index contributed by atoms with van der Waals surface area (Å²) in [6.45, 7) is 1.44. The number of para-hydroxylation sites is 1. The Morgan fingerprint density at radius 3 is 3.00 bits per heavy atom. The molecule has 0 fully saturated rings. The number of hydrogen-bond donors (Lipinski definition) is 1. The molecule has 0 radical (unpaired) electrons. The van der Waals surface area contributed by atoms with Crippen LogP contribution in [0.25, 0.3) is 0 Å². The molecule has 1 heterocycles. The van der Waals surface area contributed by atoms with Crippen molar-refractivity contribution in [3.8, 4) is 0 Å². The van der Waals surface area contributed by atoms with Gasteiger partial charge < -0.3 is 10.1 Å². The maximum Gasteiger partial charge on any atom is 0.0946 e. The van der Waals surface area contributed by atoms with Crippen molar-refractivity contribution in [2.75, 3.05) is 19.0 Å². The van der Waals surface area contributed by atoms with Gasteiger partial charge in [0.2, 0.25) is 0 Å². The molecule has 0 aliphatic rings. The third-order valence-corrected chi connectivity index (χ3v) is 3.01. The highest BCUT2D eigenvalue weighted by Crippen LogP contribution is 2.16. The van der Waals surface area contributed by atoms with E-state index >= 15 is 0 Å². The highest BCUT2D eigenvalue weighted by Gasteiger charge is 2.02. The van der Waals surface area contributed by atoms with Gasteiger partial charge >= 0.3 is 0 Å². The van der Waals surface area contributed by atoms with Gasteiger partial charge in [0, 0.05) is 18.2 Å². The monoisotopic (exact) mass is 249 g/mol. The van der Waals surface area contributed by atoms with E-state index in [4.69, 9.17) is 4.74 Å². The summed E-state index contributed by atoms with van der Waals surface area (Å²) in [6, 6.07) is 8.25. The minimum absolute atomic E-state index is 0.709. The standard InChI is InChI=1S/C12H15N3OS/c1-16-7-6-10-4-2-3-5-12(10)13-8-11-9-17-15-14-11/h2-5,9,13H,6-8H2,1H3. The van der Waals surface area contributed by atoms with E-state index in [2.05, 4.69) is 27.0 Å². The summed E-state index contributed by atoms with van der Waals surface area (Å²) in [7, 11) is 1.72. The van der Waals surface area contributed by atoms with Crippen molar-refractivity contribution < 1.29 is 4.74 Å². The molecular weight excluding hydrogens is 234 g/mol. The van der Waals surface area contributed by atoms with Crippen LogP contribution in [0, 0.1) is 0 Å². The average Bonchev–Trinajstić information content (AvgIpc) is 2.88. The van der Waals surface area contributed by atoms with Crippen LogP contribution in [-0.4, -0.2) is 23.3 Å². The molecule has 0 spiro atoms. The first kappa shape index (κ1) is 12.0. The van der Waals surface area contributed by atoms with E-state index < -0.39 is 0 Å². The van der Waals surface area contributed by atoms with E-state index in [0.717, 1.165) is 24.4 Å². The second-order valence-electron chi connectivity index (χ2n) is 3.65. The minimum Gasteiger partial charge on any atom is -0.384 e. The van der Waals surface area contributed by atoms with E-state index in [9.17, 15) is 0 Å². The van der Waals surface area contributed by atoms with E-state index in [1.54, 1.807) is 7.11 Å². The number of hydrogen-bond acceptors (Lipinski definition) is 5.